The summed E-state index contributed by atoms with van der Waals surface area (Å²) in [6.45, 7) is 7.03. The summed E-state index contributed by atoms with van der Waals surface area (Å²) in [5.74, 6) is 0.683. The maximum absolute atomic E-state index is 13.1. The van der Waals surface area contributed by atoms with Crippen molar-refractivity contribution in [3.05, 3.63) is 24.3 Å². The Morgan fingerprint density at radius 2 is 1.71 bits per heavy atom. The van der Waals surface area contributed by atoms with Gasteiger partial charge in [-0.15, -0.1) is 11.8 Å². The fourth-order valence-corrected chi connectivity index (χ4v) is 5.67. The molecule has 2 saturated heterocycles. The van der Waals surface area contributed by atoms with Crippen molar-refractivity contribution >= 4 is 29.3 Å². The lowest BCUT2D eigenvalue weighted by atomic mass is 9.95. The summed E-state index contributed by atoms with van der Waals surface area (Å²) in [6.07, 6.45) is 5.07. The van der Waals surface area contributed by atoms with Gasteiger partial charge >= 0.3 is 0 Å². The lowest BCUT2D eigenvalue weighted by molar-refractivity contribution is -0.136. The van der Waals surface area contributed by atoms with E-state index in [1.807, 2.05) is 27.6 Å². The van der Waals surface area contributed by atoms with Crippen LogP contribution in [0.5, 0.6) is 0 Å². The van der Waals surface area contributed by atoms with Crippen molar-refractivity contribution in [2.24, 2.45) is 5.92 Å². The molecule has 6 heteroatoms. The quantitative estimate of drug-likeness (QED) is 0.780. The van der Waals surface area contributed by atoms with Crippen LogP contribution in [0.3, 0.4) is 0 Å². The van der Waals surface area contributed by atoms with Crippen LogP contribution in [0.1, 0.15) is 39.0 Å². The number of carbonyl (C=O) groups is 2. The first-order valence-electron chi connectivity index (χ1n) is 10.7. The van der Waals surface area contributed by atoms with Crippen LogP contribution in [0, 0.1) is 5.92 Å². The third-order valence-corrected chi connectivity index (χ3v) is 7.50. The Morgan fingerprint density at radius 3 is 2.46 bits per heavy atom. The van der Waals surface area contributed by atoms with Crippen molar-refractivity contribution < 1.29 is 9.59 Å². The molecule has 2 amide bonds. The van der Waals surface area contributed by atoms with Crippen molar-refractivity contribution in [1.82, 2.24) is 9.80 Å². The monoisotopic (exact) mass is 401 g/mol. The van der Waals surface area contributed by atoms with E-state index in [-0.39, 0.29) is 11.8 Å². The molecule has 152 valence electrons. The molecule has 0 radical (unpaired) electrons. The van der Waals surface area contributed by atoms with Gasteiger partial charge in [-0.25, -0.2) is 0 Å². The number of piperidine rings is 1. The Hall–Kier alpha value is -1.53. The molecule has 1 unspecified atom stereocenters. The Kier molecular flexibility index (Phi) is 6.26. The maximum atomic E-state index is 13.1. The van der Waals surface area contributed by atoms with Crippen LogP contribution in [0.2, 0.25) is 0 Å². The topological polar surface area (TPSA) is 43.9 Å². The minimum Gasteiger partial charge on any atom is -0.342 e. The van der Waals surface area contributed by atoms with Gasteiger partial charge in [0.05, 0.1) is 12.2 Å². The normalized spacial score (nSPS) is 24.1. The zero-order chi connectivity index (χ0) is 19.5. The van der Waals surface area contributed by atoms with Gasteiger partial charge in [-0.05, 0) is 57.3 Å². The van der Waals surface area contributed by atoms with E-state index in [0.717, 1.165) is 70.5 Å². The number of carbonyl (C=O) groups excluding carboxylic acids is 2. The number of rotatable bonds is 3. The van der Waals surface area contributed by atoms with Gasteiger partial charge in [-0.2, -0.15) is 0 Å². The number of likely N-dealkylation sites (tertiary alicyclic amines) is 2. The summed E-state index contributed by atoms with van der Waals surface area (Å²) in [5, 5.41) is 0.520. The predicted molar refractivity (Wildman–Crippen MR) is 114 cm³/mol. The van der Waals surface area contributed by atoms with Crippen LogP contribution >= 0.6 is 11.8 Å². The minimum absolute atomic E-state index is 0.153. The number of anilines is 1. The van der Waals surface area contributed by atoms with E-state index in [1.165, 1.54) is 4.90 Å². The molecule has 0 N–H and O–H groups in total. The molecule has 0 saturated carbocycles. The molecule has 1 aromatic rings. The van der Waals surface area contributed by atoms with E-state index in [2.05, 4.69) is 30.0 Å². The van der Waals surface area contributed by atoms with Gasteiger partial charge in [-0.1, -0.05) is 19.1 Å². The average molecular weight is 402 g/mol. The molecule has 3 aliphatic heterocycles. The SMILES string of the molecule is CC1CCN(C(=O)CN2CCC(C(=O)N3CCCC3)CC2)c2ccccc2S1. The molecule has 28 heavy (non-hydrogen) atoms. The number of nitrogens with zero attached hydrogens (tertiary/aromatic N) is 3. The first kappa shape index (κ1) is 19.8. The number of benzene rings is 1. The second-order valence-corrected chi connectivity index (χ2v) is 9.79. The molecular formula is C22H31N3O2S. The van der Waals surface area contributed by atoms with Crippen LogP contribution in [0.15, 0.2) is 29.2 Å². The first-order chi connectivity index (χ1) is 13.6. The molecule has 0 aliphatic carbocycles. The van der Waals surface area contributed by atoms with Crippen LogP contribution in [0.4, 0.5) is 5.69 Å². The highest BCUT2D eigenvalue weighted by Crippen LogP contribution is 2.37. The Bertz CT molecular complexity index is 711. The van der Waals surface area contributed by atoms with E-state index < -0.39 is 0 Å². The van der Waals surface area contributed by atoms with E-state index in [1.54, 1.807) is 0 Å². The molecule has 5 nitrogen and oxygen atoms in total. The molecular weight excluding hydrogens is 370 g/mol. The third kappa shape index (κ3) is 4.38. The van der Waals surface area contributed by atoms with E-state index in [0.29, 0.717) is 17.7 Å². The molecule has 0 bridgehead atoms. The summed E-state index contributed by atoms with van der Waals surface area (Å²) in [6, 6.07) is 8.26. The number of fused-ring (bicyclic) bond motifs is 1. The maximum Gasteiger partial charge on any atom is 0.241 e. The summed E-state index contributed by atoms with van der Waals surface area (Å²) in [4.78, 5) is 33.2. The van der Waals surface area contributed by atoms with Gasteiger partial charge in [0.2, 0.25) is 11.8 Å². The Morgan fingerprint density at radius 1 is 1.00 bits per heavy atom. The van der Waals surface area contributed by atoms with Gasteiger partial charge < -0.3 is 9.80 Å². The minimum atomic E-state index is 0.153. The van der Waals surface area contributed by atoms with Crippen LogP contribution in [-0.2, 0) is 9.59 Å². The van der Waals surface area contributed by atoms with Crippen LogP contribution < -0.4 is 4.90 Å². The highest BCUT2D eigenvalue weighted by Gasteiger charge is 2.31. The zero-order valence-corrected chi connectivity index (χ0v) is 17.6. The van der Waals surface area contributed by atoms with Gasteiger partial charge in [0.15, 0.2) is 0 Å². The summed E-state index contributed by atoms with van der Waals surface area (Å²) in [5.41, 5.74) is 1.06. The van der Waals surface area contributed by atoms with Crippen LogP contribution in [0.25, 0.3) is 0 Å². The van der Waals surface area contributed by atoms with Crippen molar-refractivity contribution in [2.75, 3.05) is 44.2 Å². The van der Waals surface area contributed by atoms with Crippen molar-refractivity contribution in [1.29, 1.82) is 0 Å². The molecule has 3 heterocycles. The molecule has 1 atom stereocenters. The number of hydrogen-bond acceptors (Lipinski definition) is 4. The molecule has 1 aromatic carbocycles. The Balaban J connectivity index is 1.34. The van der Waals surface area contributed by atoms with E-state index in [4.69, 9.17) is 0 Å². The lowest BCUT2D eigenvalue weighted by Gasteiger charge is -2.34. The highest BCUT2D eigenvalue weighted by atomic mass is 32.2. The molecule has 0 aromatic heterocycles. The highest BCUT2D eigenvalue weighted by molar-refractivity contribution is 8.00. The third-order valence-electron chi connectivity index (χ3n) is 6.26. The van der Waals surface area contributed by atoms with Crippen LogP contribution in [-0.4, -0.2) is 66.1 Å². The second kappa shape index (κ2) is 8.87. The lowest BCUT2D eigenvalue weighted by Crippen LogP contribution is -2.46. The number of thioether (sulfide) groups is 1. The number of amides is 2. The smallest absolute Gasteiger partial charge is 0.241 e. The Labute approximate surface area is 172 Å². The molecule has 3 aliphatic rings. The zero-order valence-electron chi connectivity index (χ0n) is 16.8. The molecule has 4 rings (SSSR count). The second-order valence-electron chi connectivity index (χ2n) is 8.31. The number of para-hydroxylation sites is 1. The van der Waals surface area contributed by atoms with Crippen molar-refractivity contribution in [2.45, 2.75) is 49.2 Å². The van der Waals surface area contributed by atoms with Gasteiger partial charge in [0, 0.05) is 35.7 Å². The molecule has 2 fully saturated rings. The summed E-state index contributed by atoms with van der Waals surface area (Å²) >= 11 is 1.87. The van der Waals surface area contributed by atoms with E-state index >= 15 is 0 Å². The van der Waals surface area contributed by atoms with Crippen molar-refractivity contribution in [3.8, 4) is 0 Å². The van der Waals surface area contributed by atoms with E-state index in [9.17, 15) is 9.59 Å². The van der Waals surface area contributed by atoms with Gasteiger partial charge in [0.1, 0.15) is 0 Å². The standard InChI is InChI=1S/C22H31N3O2S/c1-17-8-15-25(19-6-2-3-7-20(19)28-17)21(26)16-23-13-9-18(10-14-23)22(27)24-11-4-5-12-24/h2-3,6-7,17-18H,4-5,8-16H2,1H3. The summed E-state index contributed by atoms with van der Waals surface area (Å²) in [7, 11) is 0. The van der Waals surface area contributed by atoms with Crippen molar-refractivity contribution in [3.63, 3.8) is 0 Å². The fourth-order valence-electron chi connectivity index (χ4n) is 4.56. The number of hydrogen-bond donors (Lipinski definition) is 0. The first-order valence-corrected chi connectivity index (χ1v) is 11.6. The van der Waals surface area contributed by atoms with Gasteiger partial charge in [0.25, 0.3) is 0 Å². The van der Waals surface area contributed by atoms with Gasteiger partial charge in [-0.3, -0.25) is 14.5 Å². The summed E-state index contributed by atoms with van der Waals surface area (Å²) < 4.78 is 0. The largest absolute Gasteiger partial charge is 0.342 e. The molecule has 0 spiro atoms. The average Bonchev–Trinajstić information content (AvgIpc) is 3.18. The fraction of sp³-hybridized carbons (Fsp3) is 0.636. The predicted octanol–water partition coefficient (Wildman–Crippen LogP) is 3.24.